The number of anilines is 1. The van der Waals surface area contributed by atoms with Gasteiger partial charge in [-0.3, -0.25) is 4.90 Å². The Bertz CT molecular complexity index is 1210. The van der Waals surface area contributed by atoms with E-state index in [1.807, 2.05) is 24.3 Å². The van der Waals surface area contributed by atoms with Crippen LogP contribution in [-0.2, 0) is 10.8 Å². The first kappa shape index (κ1) is 33.1. The van der Waals surface area contributed by atoms with E-state index in [1.165, 1.54) is 35.4 Å². The highest BCUT2D eigenvalue weighted by Crippen LogP contribution is 2.32. The maximum atomic E-state index is 13.6. The van der Waals surface area contributed by atoms with Gasteiger partial charge < -0.3 is 15.3 Å². The molecule has 0 aliphatic carbocycles. The van der Waals surface area contributed by atoms with Gasteiger partial charge in [-0.05, 0) is 88.9 Å². The molecule has 0 aromatic heterocycles. The summed E-state index contributed by atoms with van der Waals surface area (Å²) in [5.74, 6) is -0.386. The van der Waals surface area contributed by atoms with Gasteiger partial charge in [-0.15, -0.1) is 0 Å². The highest BCUT2D eigenvalue weighted by atomic mass is 19.1. The fourth-order valence-electron chi connectivity index (χ4n) is 5.82. The molecule has 2 N–H and O–H groups in total. The molecular formula is C37H51F2N3O. The van der Waals surface area contributed by atoms with Crippen molar-refractivity contribution in [3.63, 3.8) is 0 Å². The lowest BCUT2D eigenvalue weighted by Gasteiger charge is -2.36. The Labute approximate surface area is 258 Å². The minimum Gasteiger partial charge on any atom is -0.390 e. The Morgan fingerprint density at radius 1 is 0.721 bits per heavy atom. The van der Waals surface area contributed by atoms with E-state index in [-0.39, 0.29) is 28.4 Å². The largest absolute Gasteiger partial charge is 0.390 e. The first-order chi connectivity index (χ1) is 20.3. The molecule has 0 bridgehead atoms. The molecule has 1 saturated heterocycles. The maximum absolute atomic E-state index is 13.6. The van der Waals surface area contributed by atoms with Crippen molar-refractivity contribution in [2.45, 2.75) is 77.2 Å². The van der Waals surface area contributed by atoms with Crippen molar-refractivity contribution in [2.75, 3.05) is 51.1 Å². The Kier molecular flexibility index (Phi) is 11.0. The molecule has 43 heavy (non-hydrogen) atoms. The van der Waals surface area contributed by atoms with Crippen LogP contribution in [0, 0.1) is 11.6 Å². The number of benzene rings is 3. The third kappa shape index (κ3) is 9.85. The lowest BCUT2D eigenvalue weighted by Crippen LogP contribution is -2.49. The summed E-state index contributed by atoms with van der Waals surface area (Å²) in [5.41, 5.74) is 5.89. The number of rotatable bonds is 11. The van der Waals surface area contributed by atoms with Crippen LogP contribution in [-0.4, -0.2) is 66.8 Å². The van der Waals surface area contributed by atoms with Crippen molar-refractivity contribution in [3.05, 3.63) is 101 Å². The lowest BCUT2D eigenvalue weighted by atomic mass is 9.80. The molecule has 1 unspecified atom stereocenters. The average Bonchev–Trinajstić information content (AvgIpc) is 2.95. The number of nitrogens with one attached hydrogen (secondary N) is 1. The number of piperazine rings is 1. The molecule has 3 aromatic rings. The molecule has 4 rings (SSSR count). The molecule has 0 radical (unpaired) electrons. The van der Waals surface area contributed by atoms with Crippen molar-refractivity contribution in [3.8, 4) is 0 Å². The third-order valence-corrected chi connectivity index (χ3v) is 8.65. The minimum absolute atomic E-state index is 0.0544. The Balaban J connectivity index is 1.24. The van der Waals surface area contributed by atoms with Crippen LogP contribution in [0.4, 0.5) is 14.5 Å². The third-order valence-electron chi connectivity index (χ3n) is 8.65. The van der Waals surface area contributed by atoms with Gasteiger partial charge in [-0.25, -0.2) is 8.78 Å². The summed E-state index contributed by atoms with van der Waals surface area (Å²) in [6.07, 6.45) is 1.46. The highest BCUT2D eigenvalue weighted by Gasteiger charge is 2.23. The minimum atomic E-state index is -0.449. The number of β-amino-alcohol motifs (C(OH)–C–C–N with tert-alkyl or cyclic N) is 1. The van der Waals surface area contributed by atoms with E-state index in [0.29, 0.717) is 13.1 Å². The maximum Gasteiger partial charge on any atom is 0.123 e. The van der Waals surface area contributed by atoms with E-state index >= 15 is 0 Å². The van der Waals surface area contributed by atoms with Crippen molar-refractivity contribution < 1.29 is 13.9 Å². The summed E-state index contributed by atoms with van der Waals surface area (Å²) in [7, 11) is 0. The van der Waals surface area contributed by atoms with Gasteiger partial charge >= 0.3 is 0 Å². The Hall–Kier alpha value is -2.80. The van der Waals surface area contributed by atoms with Crippen LogP contribution in [0.15, 0.2) is 66.7 Å². The van der Waals surface area contributed by atoms with Crippen LogP contribution in [0.5, 0.6) is 0 Å². The van der Waals surface area contributed by atoms with Gasteiger partial charge in [-0.2, -0.15) is 0 Å². The van der Waals surface area contributed by atoms with Gasteiger partial charge in [0.25, 0.3) is 0 Å². The normalized spacial score (nSPS) is 16.0. The zero-order valence-corrected chi connectivity index (χ0v) is 27.0. The van der Waals surface area contributed by atoms with Crippen molar-refractivity contribution >= 4 is 5.69 Å². The van der Waals surface area contributed by atoms with Gasteiger partial charge in [0, 0.05) is 50.9 Å². The van der Waals surface area contributed by atoms with Crippen LogP contribution in [0.25, 0.3) is 0 Å². The summed E-state index contributed by atoms with van der Waals surface area (Å²) >= 11 is 0. The molecule has 1 fully saturated rings. The Morgan fingerprint density at radius 2 is 1.19 bits per heavy atom. The molecule has 4 nitrogen and oxygen atoms in total. The summed E-state index contributed by atoms with van der Waals surface area (Å²) in [4.78, 5) is 4.84. The van der Waals surface area contributed by atoms with Crippen LogP contribution in [0.3, 0.4) is 0 Å². The second-order valence-corrected chi connectivity index (χ2v) is 14.3. The van der Waals surface area contributed by atoms with E-state index in [0.717, 1.165) is 62.4 Å². The van der Waals surface area contributed by atoms with E-state index in [4.69, 9.17) is 0 Å². The number of hydrogen-bond donors (Lipinski definition) is 2. The second kappa shape index (κ2) is 14.3. The smallest absolute Gasteiger partial charge is 0.123 e. The first-order valence-electron chi connectivity index (χ1n) is 15.8. The Morgan fingerprint density at radius 3 is 1.65 bits per heavy atom. The fourth-order valence-corrected chi connectivity index (χ4v) is 5.82. The van der Waals surface area contributed by atoms with Gasteiger partial charge in [0.15, 0.2) is 0 Å². The predicted octanol–water partition coefficient (Wildman–Crippen LogP) is 7.56. The number of aliphatic hydroxyl groups excluding tert-OH is 1. The van der Waals surface area contributed by atoms with Gasteiger partial charge in [0.1, 0.15) is 11.6 Å². The van der Waals surface area contributed by atoms with E-state index in [9.17, 15) is 13.9 Å². The molecule has 3 aromatic carbocycles. The zero-order chi connectivity index (χ0) is 31.2. The van der Waals surface area contributed by atoms with Gasteiger partial charge in [0.05, 0.1) is 6.10 Å². The first-order valence-corrected chi connectivity index (χ1v) is 15.8. The SMILES string of the molecule is CC(C)(C)c1cc(NCC(O)CN2CCN(CCCC(c3ccc(F)cc3)c3ccc(F)cc3)CC2)cc(C(C)(C)C)c1. The lowest BCUT2D eigenvalue weighted by molar-refractivity contribution is 0.0776. The van der Waals surface area contributed by atoms with Crippen LogP contribution < -0.4 is 5.32 Å². The molecule has 234 valence electrons. The number of aliphatic hydroxyl groups is 1. The monoisotopic (exact) mass is 591 g/mol. The second-order valence-electron chi connectivity index (χ2n) is 14.3. The zero-order valence-electron chi connectivity index (χ0n) is 27.0. The van der Waals surface area contributed by atoms with Crippen molar-refractivity contribution in [1.29, 1.82) is 0 Å². The molecular weight excluding hydrogens is 540 g/mol. The standard InChI is InChI=1S/C37H51F2N3O/c1-36(2,3)29-22-30(37(4,5)6)24-33(23-29)40-25-34(43)26-42-20-18-41(19-21-42)17-7-8-35(27-9-13-31(38)14-10-27)28-11-15-32(39)16-12-28/h9-16,22-24,34-35,40,43H,7-8,17-21,25-26H2,1-6H3. The number of nitrogens with zero attached hydrogens (tertiary/aromatic N) is 2. The molecule has 1 atom stereocenters. The molecule has 0 spiro atoms. The van der Waals surface area contributed by atoms with E-state index in [2.05, 4.69) is 74.9 Å². The van der Waals surface area contributed by atoms with Crippen LogP contribution in [0.2, 0.25) is 0 Å². The average molecular weight is 592 g/mol. The molecule has 0 saturated carbocycles. The van der Waals surface area contributed by atoms with E-state index in [1.54, 1.807) is 0 Å². The summed E-state index contributed by atoms with van der Waals surface area (Å²) in [6, 6.07) is 20.1. The fraction of sp³-hybridized carbons (Fsp3) is 0.514. The van der Waals surface area contributed by atoms with Crippen molar-refractivity contribution in [1.82, 2.24) is 9.80 Å². The quantitative estimate of drug-likeness (QED) is 0.241. The summed E-state index contributed by atoms with van der Waals surface area (Å²) < 4.78 is 27.1. The summed E-state index contributed by atoms with van der Waals surface area (Å²) in [5, 5.41) is 14.4. The predicted molar refractivity (Wildman–Crippen MR) is 175 cm³/mol. The van der Waals surface area contributed by atoms with Crippen LogP contribution in [0.1, 0.15) is 82.6 Å². The summed E-state index contributed by atoms with van der Waals surface area (Å²) in [6.45, 7) is 19.4. The van der Waals surface area contributed by atoms with Gasteiger partial charge in [-0.1, -0.05) is 71.9 Å². The molecule has 1 aliphatic rings. The topological polar surface area (TPSA) is 38.7 Å². The number of halogens is 2. The number of hydrogen-bond acceptors (Lipinski definition) is 4. The highest BCUT2D eigenvalue weighted by molar-refractivity contribution is 5.52. The van der Waals surface area contributed by atoms with E-state index < -0.39 is 6.10 Å². The van der Waals surface area contributed by atoms with Crippen molar-refractivity contribution in [2.24, 2.45) is 0 Å². The molecule has 0 amide bonds. The molecule has 1 heterocycles. The molecule has 1 aliphatic heterocycles. The van der Waals surface area contributed by atoms with Crippen LogP contribution >= 0.6 is 0 Å². The molecule has 6 heteroatoms. The van der Waals surface area contributed by atoms with Gasteiger partial charge in [0.2, 0.25) is 0 Å².